The Labute approximate surface area is 82.2 Å². The third kappa shape index (κ3) is 243. The van der Waals surface area contributed by atoms with Crippen LogP contribution in [0, 0.1) is 10.1 Å². The van der Waals surface area contributed by atoms with Crippen molar-refractivity contribution in [1.29, 1.82) is 0 Å². The van der Waals surface area contributed by atoms with E-state index in [1.54, 1.807) is 0 Å². The van der Waals surface area contributed by atoms with Gasteiger partial charge in [-0.05, 0) is 0 Å². The van der Waals surface area contributed by atoms with E-state index >= 15 is 0 Å². The van der Waals surface area contributed by atoms with E-state index in [1.165, 1.54) is 0 Å². The van der Waals surface area contributed by atoms with E-state index in [1.807, 2.05) is 0 Å². The molecule has 0 rings (SSSR count). The molecule has 0 radical (unpaired) electrons. The van der Waals surface area contributed by atoms with Crippen molar-refractivity contribution in [2.75, 3.05) is 13.1 Å². The van der Waals surface area contributed by atoms with Crippen LogP contribution in [0.4, 0.5) is 0 Å². The Morgan fingerprint density at radius 2 is 1.36 bits per heavy atom. The third-order valence-corrected chi connectivity index (χ3v) is 0.167. The van der Waals surface area contributed by atoms with Gasteiger partial charge in [0.1, 0.15) is 0 Å². The van der Waals surface area contributed by atoms with Crippen LogP contribution in [0.1, 0.15) is 0 Å². The van der Waals surface area contributed by atoms with E-state index in [4.69, 9.17) is 49.8 Å². The summed E-state index contributed by atoms with van der Waals surface area (Å²) in [6.45, 7) is 1.19. The molecule has 0 saturated heterocycles. The van der Waals surface area contributed by atoms with Crippen LogP contribution in [0.15, 0.2) is 5.34 Å². The van der Waals surface area contributed by atoms with Crippen molar-refractivity contribution in [1.82, 2.24) is 0 Å². The summed E-state index contributed by atoms with van der Waals surface area (Å²) in [6, 6.07) is 0. The second-order valence-corrected chi connectivity index (χ2v) is 10.6. The SMILES string of the molecule is NCCN.O=N[O-].[Cl][Pt]([Cl])[Cl]. The van der Waals surface area contributed by atoms with Gasteiger partial charge in [0.2, 0.25) is 0 Å². The Balaban J connectivity index is -0.0000000886. The van der Waals surface area contributed by atoms with Crippen molar-refractivity contribution in [2.45, 2.75) is 0 Å². The summed E-state index contributed by atoms with van der Waals surface area (Å²) in [5.74, 6) is 0. The number of nitrogens with two attached hydrogens (primary N) is 2. The van der Waals surface area contributed by atoms with E-state index in [0.29, 0.717) is 13.1 Å². The van der Waals surface area contributed by atoms with Gasteiger partial charge < -0.3 is 21.6 Å². The molecule has 4 N–H and O–H groups in total. The Morgan fingerprint density at radius 1 is 1.27 bits per heavy atom. The molecule has 0 aliphatic carbocycles. The maximum absolute atomic E-state index is 8.00. The van der Waals surface area contributed by atoms with Crippen molar-refractivity contribution >= 4 is 28.3 Å². The number of rotatable bonds is 1. The summed E-state index contributed by atoms with van der Waals surface area (Å²) in [6.07, 6.45) is 0. The van der Waals surface area contributed by atoms with Gasteiger partial charge in [0.05, 0.1) is 0 Å². The number of hydrogen-bond acceptors (Lipinski definition) is 5. The molecule has 0 aromatic heterocycles. The van der Waals surface area contributed by atoms with Crippen LogP contribution in [0.25, 0.3) is 0 Å². The van der Waals surface area contributed by atoms with Gasteiger partial charge in [0.25, 0.3) is 0 Å². The van der Waals surface area contributed by atoms with Crippen LogP contribution in [0.3, 0.4) is 0 Å². The summed E-state index contributed by atoms with van der Waals surface area (Å²) >= 11 is -1.85. The van der Waals surface area contributed by atoms with Crippen LogP contribution < -0.4 is 11.5 Å². The fraction of sp³-hybridized carbons (Fsp3) is 1.00. The molecule has 0 aromatic rings. The Kier molecular flexibility index (Phi) is 36.4. The number of halogens is 3. The van der Waals surface area contributed by atoms with Crippen molar-refractivity contribution in [3.05, 3.63) is 10.1 Å². The molecule has 0 unspecified atom stereocenters. The molecule has 0 aliphatic rings. The Bertz CT molecular complexity index is 63.8. The Hall–Kier alpha value is 0.878. The topological polar surface area (TPSA) is 105 Å². The van der Waals surface area contributed by atoms with E-state index in [9.17, 15) is 0 Å². The van der Waals surface area contributed by atoms with Gasteiger partial charge in [-0.3, -0.25) is 0 Å². The quantitative estimate of drug-likeness (QED) is 0.504. The minimum atomic E-state index is -1.85. The Morgan fingerprint density at radius 3 is 1.36 bits per heavy atom. The number of nitrogens with zero attached hydrogens (tertiary/aromatic N) is 1. The first-order chi connectivity index (χ1) is 5.06. The number of hydrogen-bond donors (Lipinski definition) is 2. The average Bonchev–Trinajstić information content (AvgIpc) is 1.88. The van der Waals surface area contributed by atoms with Crippen LogP contribution in [0.5, 0.6) is 0 Å². The second kappa shape index (κ2) is 22.4. The molecule has 75 valence electrons. The molecule has 11 heavy (non-hydrogen) atoms. The molecular weight excluding hydrogens is 399 g/mol. The molecule has 0 spiro atoms. The van der Waals surface area contributed by atoms with Crippen LogP contribution in [-0.4, -0.2) is 13.1 Å². The first-order valence-electron chi connectivity index (χ1n) is 2.04. The summed E-state index contributed by atoms with van der Waals surface area (Å²) in [4.78, 5) is 8.00. The molecule has 0 bridgehead atoms. The average molecular weight is 408 g/mol. The molecule has 0 fully saturated rings. The minimum absolute atomic E-state index is 0.597. The zero-order valence-electron chi connectivity index (χ0n) is 5.28. The standard InChI is InChI=1S/C2H8N2.3ClH.HNO2.Pt/c3-1-2-4;;;;2-1-3;/h1-4H2;3*1H;(H,2,3);/q;;;;;+3/p-4. The van der Waals surface area contributed by atoms with Gasteiger partial charge in [0, 0.05) is 13.1 Å². The van der Waals surface area contributed by atoms with Gasteiger partial charge >= 0.3 is 42.4 Å². The molecule has 0 aliphatic heterocycles. The first kappa shape index (κ1) is 17.8. The predicted octanol–water partition coefficient (Wildman–Crippen LogP) is 1.22. The molecule has 9 heteroatoms. The molecule has 0 saturated carbocycles. The van der Waals surface area contributed by atoms with Gasteiger partial charge in [-0.15, -0.1) is 5.34 Å². The van der Waals surface area contributed by atoms with Crippen LogP contribution >= 0.6 is 28.3 Å². The molecule has 0 aromatic carbocycles. The molecular formula is C2H8Cl3N3O2Pt-. The predicted molar refractivity (Wildman–Crippen MR) is 44.8 cm³/mol. The monoisotopic (exact) mass is 406 g/mol. The summed E-state index contributed by atoms with van der Waals surface area (Å²) in [7, 11) is 14.9. The van der Waals surface area contributed by atoms with Crippen LogP contribution in [-0.2, 0) is 14.2 Å². The normalized spacial score (nSPS) is 7.91. The summed E-state index contributed by atoms with van der Waals surface area (Å²) in [5.41, 5.74) is 9.81. The third-order valence-electron chi connectivity index (χ3n) is 0.167. The first-order valence-corrected chi connectivity index (χ1v) is 10.5. The van der Waals surface area contributed by atoms with Crippen LogP contribution in [0.2, 0.25) is 0 Å². The van der Waals surface area contributed by atoms with Crippen molar-refractivity contribution in [2.24, 2.45) is 16.8 Å². The van der Waals surface area contributed by atoms with E-state index in [0.717, 1.165) is 5.34 Å². The molecule has 0 amide bonds. The van der Waals surface area contributed by atoms with E-state index in [-0.39, 0.29) is 0 Å². The molecule has 0 heterocycles. The molecule has 5 nitrogen and oxygen atoms in total. The van der Waals surface area contributed by atoms with Gasteiger partial charge in [0.15, 0.2) is 0 Å². The zero-order valence-corrected chi connectivity index (χ0v) is 9.82. The molecule has 0 atom stereocenters. The second-order valence-electron chi connectivity index (χ2n) is 0.787. The zero-order chi connectivity index (χ0) is 9.70. The van der Waals surface area contributed by atoms with E-state index in [2.05, 4.69) is 0 Å². The van der Waals surface area contributed by atoms with E-state index < -0.39 is 14.2 Å². The fourth-order valence-corrected chi connectivity index (χ4v) is 0. The van der Waals surface area contributed by atoms with Crippen molar-refractivity contribution < 1.29 is 14.2 Å². The fourth-order valence-electron chi connectivity index (χ4n) is 0. The summed E-state index contributed by atoms with van der Waals surface area (Å²) < 4.78 is 0. The van der Waals surface area contributed by atoms with Crippen molar-refractivity contribution in [3.8, 4) is 0 Å². The summed E-state index contributed by atoms with van der Waals surface area (Å²) in [5, 5.41) is 9.00. The van der Waals surface area contributed by atoms with Gasteiger partial charge in [-0.1, -0.05) is 0 Å². The van der Waals surface area contributed by atoms with Gasteiger partial charge in [-0.2, -0.15) is 0 Å². The maximum atomic E-state index is 8.00. The van der Waals surface area contributed by atoms with Crippen molar-refractivity contribution in [3.63, 3.8) is 0 Å². The van der Waals surface area contributed by atoms with Gasteiger partial charge in [-0.25, -0.2) is 0 Å².